The number of aromatic hydroxyl groups is 2. The van der Waals surface area contributed by atoms with Crippen LogP contribution in [0.25, 0.3) is 11.1 Å². The first-order chi connectivity index (χ1) is 7.70. The molecule has 0 heterocycles. The minimum Gasteiger partial charge on any atom is -0.508 e. The number of hydrogen-bond donors (Lipinski definition) is 2. The molecule has 0 aromatic heterocycles. The van der Waals surface area contributed by atoms with Crippen LogP contribution in [0.15, 0.2) is 42.5 Å². The van der Waals surface area contributed by atoms with Gasteiger partial charge in [-0.3, -0.25) is 4.79 Å². The van der Waals surface area contributed by atoms with Gasteiger partial charge in [0.15, 0.2) is 6.29 Å². The molecule has 0 atom stereocenters. The lowest BCUT2D eigenvalue weighted by molar-refractivity contribution is 0.112. The van der Waals surface area contributed by atoms with Gasteiger partial charge in [0.05, 0.1) is 5.56 Å². The van der Waals surface area contributed by atoms with Gasteiger partial charge in [0.1, 0.15) is 11.5 Å². The van der Waals surface area contributed by atoms with Crippen LogP contribution < -0.4 is 0 Å². The number of carbonyl (C=O) groups excluding carboxylic acids is 1. The van der Waals surface area contributed by atoms with E-state index in [1.807, 2.05) is 6.07 Å². The number of rotatable bonds is 2. The molecule has 0 aliphatic carbocycles. The van der Waals surface area contributed by atoms with Gasteiger partial charge in [-0.2, -0.15) is 0 Å². The molecule has 2 rings (SSSR count). The summed E-state index contributed by atoms with van der Waals surface area (Å²) >= 11 is 0. The number of carbonyl (C=O) groups is 1. The van der Waals surface area contributed by atoms with E-state index in [2.05, 4.69) is 0 Å². The summed E-state index contributed by atoms with van der Waals surface area (Å²) in [6.45, 7) is 0. The van der Waals surface area contributed by atoms with E-state index in [1.54, 1.807) is 30.3 Å². The SMILES string of the molecule is O=Cc1cc(-c2cccc(O)c2)ccc1O. The molecule has 0 radical (unpaired) electrons. The summed E-state index contributed by atoms with van der Waals surface area (Å²) in [5, 5.41) is 18.7. The summed E-state index contributed by atoms with van der Waals surface area (Å²) in [6.07, 6.45) is 0.599. The van der Waals surface area contributed by atoms with Crippen LogP contribution in [0.2, 0.25) is 0 Å². The predicted molar refractivity (Wildman–Crippen MR) is 60.6 cm³/mol. The Hall–Kier alpha value is -2.29. The number of phenols is 2. The van der Waals surface area contributed by atoms with Crippen LogP contribution in [0.1, 0.15) is 10.4 Å². The van der Waals surface area contributed by atoms with Gasteiger partial charge in [-0.1, -0.05) is 18.2 Å². The predicted octanol–water partition coefficient (Wildman–Crippen LogP) is 2.58. The summed E-state index contributed by atoms with van der Waals surface area (Å²) < 4.78 is 0. The molecule has 2 N–H and O–H groups in total. The molecule has 80 valence electrons. The largest absolute Gasteiger partial charge is 0.508 e. The smallest absolute Gasteiger partial charge is 0.153 e. The van der Waals surface area contributed by atoms with E-state index in [-0.39, 0.29) is 17.1 Å². The first-order valence-corrected chi connectivity index (χ1v) is 4.78. The average molecular weight is 214 g/mol. The van der Waals surface area contributed by atoms with E-state index in [9.17, 15) is 15.0 Å². The van der Waals surface area contributed by atoms with Crippen molar-refractivity contribution in [2.24, 2.45) is 0 Å². The first kappa shape index (κ1) is 10.2. The third-order valence-electron chi connectivity index (χ3n) is 2.33. The molecular formula is C13H10O3. The van der Waals surface area contributed by atoms with Crippen molar-refractivity contribution in [2.45, 2.75) is 0 Å². The van der Waals surface area contributed by atoms with E-state index >= 15 is 0 Å². The Morgan fingerprint density at radius 3 is 2.38 bits per heavy atom. The second-order valence-electron chi connectivity index (χ2n) is 3.44. The van der Waals surface area contributed by atoms with E-state index in [1.165, 1.54) is 6.07 Å². The summed E-state index contributed by atoms with van der Waals surface area (Å²) in [5.74, 6) is 0.122. The summed E-state index contributed by atoms with van der Waals surface area (Å²) in [5.41, 5.74) is 1.81. The lowest BCUT2D eigenvalue weighted by Crippen LogP contribution is -1.84. The fourth-order valence-electron chi connectivity index (χ4n) is 1.51. The average Bonchev–Trinajstić information content (AvgIpc) is 2.29. The molecule has 0 fully saturated rings. The first-order valence-electron chi connectivity index (χ1n) is 4.78. The van der Waals surface area contributed by atoms with Crippen LogP contribution in [0, 0.1) is 0 Å². The van der Waals surface area contributed by atoms with Crippen LogP contribution in [0.3, 0.4) is 0 Å². The molecule has 0 spiro atoms. The number of phenolic OH excluding ortho intramolecular Hbond substituents is 2. The van der Waals surface area contributed by atoms with Gasteiger partial charge in [-0.05, 0) is 35.4 Å². The molecule has 0 aliphatic rings. The quantitative estimate of drug-likeness (QED) is 0.755. The molecule has 0 amide bonds. The van der Waals surface area contributed by atoms with Gasteiger partial charge in [0, 0.05) is 0 Å². The summed E-state index contributed by atoms with van der Waals surface area (Å²) in [4.78, 5) is 10.7. The Kier molecular flexibility index (Phi) is 2.60. The lowest BCUT2D eigenvalue weighted by Gasteiger charge is -2.04. The Morgan fingerprint density at radius 1 is 0.938 bits per heavy atom. The van der Waals surface area contributed by atoms with Gasteiger partial charge >= 0.3 is 0 Å². The van der Waals surface area contributed by atoms with E-state index in [4.69, 9.17) is 0 Å². The number of benzene rings is 2. The highest BCUT2D eigenvalue weighted by Gasteiger charge is 2.03. The van der Waals surface area contributed by atoms with Crippen LogP contribution >= 0.6 is 0 Å². The Balaban J connectivity index is 2.52. The monoisotopic (exact) mass is 214 g/mol. The Labute approximate surface area is 92.6 Å². The van der Waals surface area contributed by atoms with Crippen LogP contribution in [0.5, 0.6) is 11.5 Å². The summed E-state index contributed by atoms with van der Waals surface area (Å²) in [6, 6.07) is 11.4. The van der Waals surface area contributed by atoms with Crippen molar-refractivity contribution in [1.82, 2.24) is 0 Å². The zero-order valence-electron chi connectivity index (χ0n) is 8.42. The van der Waals surface area contributed by atoms with Crippen molar-refractivity contribution in [3.8, 4) is 22.6 Å². The number of hydrogen-bond acceptors (Lipinski definition) is 3. The standard InChI is InChI=1S/C13H10O3/c14-8-11-6-10(4-5-13(11)16)9-2-1-3-12(15)7-9/h1-8,15-16H. The van der Waals surface area contributed by atoms with Crippen LogP contribution in [0.4, 0.5) is 0 Å². The molecule has 0 unspecified atom stereocenters. The minimum absolute atomic E-state index is 0.0427. The highest BCUT2D eigenvalue weighted by atomic mass is 16.3. The second kappa shape index (κ2) is 4.06. The molecule has 3 nitrogen and oxygen atoms in total. The van der Waals surface area contributed by atoms with Gasteiger partial charge in [0.2, 0.25) is 0 Å². The van der Waals surface area contributed by atoms with Crippen molar-refractivity contribution < 1.29 is 15.0 Å². The maximum absolute atomic E-state index is 10.7. The molecule has 0 bridgehead atoms. The lowest BCUT2D eigenvalue weighted by atomic mass is 10.0. The third kappa shape index (κ3) is 1.88. The van der Waals surface area contributed by atoms with Crippen molar-refractivity contribution in [2.75, 3.05) is 0 Å². The Morgan fingerprint density at radius 2 is 1.69 bits per heavy atom. The van der Waals surface area contributed by atoms with Gasteiger partial charge in [-0.25, -0.2) is 0 Å². The van der Waals surface area contributed by atoms with Gasteiger partial charge in [-0.15, -0.1) is 0 Å². The molecule has 16 heavy (non-hydrogen) atoms. The fourth-order valence-corrected chi connectivity index (χ4v) is 1.51. The molecule has 2 aromatic rings. The van der Waals surface area contributed by atoms with Crippen molar-refractivity contribution in [3.05, 3.63) is 48.0 Å². The van der Waals surface area contributed by atoms with Crippen LogP contribution in [-0.4, -0.2) is 16.5 Å². The fraction of sp³-hybridized carbons (Fsp3) is 0. The molecule has 0 aliphatic heterocycles. The van der Waals surface area contributed by atoms with Gasteiger partial charge in [0.25, 0.3) is 0 Å². The second-order valence-corrected chi connectivity index (χ2v) is 3.44. The van der Waals surface area contributed by atoms with Crippen LogP contribution in [-0.2, 0) is 0 Å². The topological polar surface area (TPSA) is 57.5 Å². The maximum atomic E-state index is 10.7. The van der Waals surface area contributed by atoms with E-state index in [0.29, 0.717) is 6.29 Å². The molecule has 2 aromatic carbocycles. The molecule has 0 saturated heterocycles. The Bertz CT molecular complexity index is 532. The van der Waals surface area contributed by atoms with Crippen molar-refractivity contribution >= 4 is 6.29 Å². The van der Waals surface area contributed by atoms with Gasteiger partial charge < -0.3 is 10.2 Å². The number of aldehydes is 1. The maximum Gasteiger partial charge on any atom is 0.153 e. The molecule has 3 heteroatoms. The highest BCUT2D eigenvalue weighted by Crippen LogP contribution is 2.26. The normalized spacial score (nSPS) is 10.0. The van der Waals surface area contributed by atoms with E-state index in [0.717, 1.165) is 11.1 Å². The zero-order chi connectivity index (χ0) is 11.5. The van der Waals surface area contributed by atoms with Crippen molar-refractivity contribution in [3.63, 3.8) is 0 Å². The molecule has 0 saturated carbocycles. The zero-order valence-corrected chi connectivity index (χ0v) is 8.42. The third-order valence-corrected chi connectivity index (χ3v) is 2.33. The molecular weight excluding hydrogens is 204 g/mol. The van der Waals surface area contributed by atoms with E-state index < -0.39 is 0 Å². The minimum atomic E-state index is -0.0427. The summed E-state index contributed by atoms with van der Waals surface area (Å²) in [7, 11) is 0. The van der Waals surface area contributed by atoms with Crippen molar-refractivity contribution in [1.29, 1.82) is 0 Å². The highest BCUT2D eigenvalue weighted by molar-refractivity contribution is 5.82.